The molecular weight excluding hydrogens is 310 g/mol. The van der Waals surface area contributed by atoms with Crippen molar-refractivity contribution in [3.05, 3.63) is 29.8 Å². The highest BCUT2D eigenvalue weighted by Gasteiger charge is 2.43. The number of halogens is 5. The number of benzene rings is 1. The van der Waals surface area contributed by atoms with Crippen LogP contribution in [0.1, 0.15) is 38.3 Å². The summed E-state index contributed by atoms with van der Waals surface area (Å²) in [5.41, 5.74) is 6.54. The standard InChI is InChI=1S/C14H19F4NO.ClH/c1-9(2)6-7-12(19)10-4-3-5-11(8-10)20-14(17,18)13(15)16;/h3-5,8-9,12-13H,6-7,19H2,1-2H3;1H/t12-;/m1./s1. The van der Waals surface area contributed by atoms with Gasteiger partial charge in [-0.3, -0.25) is 0 Å². The van der Waals surface area contributed by atoms with Crippen LogP contribution in [0.2, 0.25) is 0 Å². The highest BCUT2D eigenvalue weighted by atomic mass is 35.5. The Labute approximate surface area is 128 Å². The zero-order valence-electron chi connectivity index (χ0n) is 11.9. The third-order valence-corrected chi connectivity index (χ3v) is 2.85. The van der Waals surface area contributed by atoms with Gasteiger partial charge >= 0.3 is 12.5 Å². The molecule has 2 N–H and O–H groups in total. The number of alkyl halides is 4. The average molecular weight is 330 g/mol. The number of rotatable bonds is 7. The normalized spacial score (nSPS) is 13.2. The van der Waals surface area contributed by atoms with E-state index in [9.17, 15) is 17.6 Å². The van der Waals surface area contributed by atoms with Gasteiger partial charge in [0, 0.05) is 6.04 Å². The zero-order valence-corrected chi connectivity index (χ0v) is 12.7. The molecule has 122 valence electrons. The molecule has 1 aromatic carbocycles. The Morgan fingerprint density at radius 1 is 1.19 bits per heavy atom. The Hall–Kier alpha value is -1.01. The molecule has 0 aromatic heterocycles. The van der Waals surface area contributed by atoms with Crippen LogP contribution in [-0.4, -0.2) is 12.5 Å². The molecule has 0 unspecified atom stereocenters. The molecule has 0 heterocycles. The Morgan fingerprint density at radius 3 is 2.33 bits per heavy atom. The van der Waals surface area contributed by atoms with E-state index in [0.29, 0.717) is 17.9 Å². The fourth-order valence-electron chi connectivity index (χ4n) is 1.69. The van der Waals surface area contributed by atoms with Crippen molar-refractivity contribution in [1.82, 2.24) is 0 Å². The van der Waals surface area contributed by atoms with Crippen LogP contribution in [0.5, 0.6) is 5.75 Å². The molecule has 0 saturated heterocycles. The van der Waals surface area contributed by atoms with Crippen molar-refractivity contribution in [2.45, 2.75) is 45.3 Å². The van der Waals surface area contributed by atoms with Crippen molar-refractivity contribution in [2.24, 2.45) is 11.7 Å². The van der Waals surface area contributed by atoms with Gasteiger partial charge in [0.25, 0.3) is 0 Å². The first kappa shape index (κ1) is 20.0. The van der Waals surface area contributed by atoms with Crippen LogP contribution in [0.15, 0.2) is 24.3 Å². The molecule has 21 heavy (non-hydrogen) atoms. The minimum atomic E-state index is -4.50. The van der Waals surface area contributed by atoms with Crippen LogP contribution in [0.4, 0.5) is 17.6 Å². The smallest absolute Gasteiger partial charge is 0.428 e. The summed E-state index contributed by atoms with van der Waals surface area (Å²) in [5.74, 6) is 0.163. The maximum absolute atomic E-state index is 12.8. The lowest BCUT2D eigenvalue weighted by molar-refractivity contribution is -0.253. The monoisotopic (exact) mass is 329 g/mol. The molecule has 0 aliphatic carbocycles. The van der Waals surface area contributed by atoms with Gasteiger partial charge in [-0.15, -0.1) is 12.4 Å². The Morgan fingerprint density at radius 2 is 1.81 bits per heavy atom. The van der Waals surface area contributed by atoms with E-state index < -0.39 is 12.5 Å². The molecule has 0 radical (unpaired) electrons. The number of ether oxygens (including phenoxy) is 1. The lowest BCUT2D eigenvalue weighted by Gasteiger charge is -2.18. The molecule has 7 heteroatoms. The summed E-state index contributed by atoms with van der Waals surface area (Å²) in [7, 11) is 0. The average Bonchev–Trinajstić information content (AvgIpc) is 2.35. The van der Waals surface area contributed by atoms with Gasteiger partial charge in [-0.1, -0.05) is 26.0 Å². The SMILES string of the molecule is CC(C)CC[C@@H](N)c1cccc(OC(F)(F)C(F)F)c1.Cl. The van der Waals surface area contributed by atoms with Gasteiger partial charge in [0.15, 0.2) is 0 Å². The molecule has 0 fully saturated rings. The van der Waals surface area contributed by atoms with Gasteiger partial charge < -0.3 is 10.5 Å². The van der Waals surface area contributed by atoms with Crippen LogP contribution >= 0.6 is 12.4 Å². The van der Waals surface area contributed by atoms with E-state index in [4.69, 9.17) is 5.73 Å². The zero-order chi connectivity index (χ0) is 15.3. The fraction of sp³-hybridized carbons (Fsp3) is 0.571. The van der Waals surface area contributed by atoms with Crippen LogP contribution in [-0.2, 0) is 0 Å². The third-order valence-electron chi connectivity index (χ3n) is 2.85. The van der Waals surface area contributed by atoms with E-state index in [-0.39, 0.29) is 24.2 Å². The molecule has 0 aliphatic heterocycles. The first-order valence-corrected chi connectivity index (χ1v) is 6.43. The second-order valence-corrected chi connectivity index (χ2v) is 5.11. The molecule has 0 amide bonds. The predicted octanol–water partition coefficient (Wildman–Crippen LogP) is 4.78. The van der Waals surface area contributed by atoms with Gasteiger partial charge in [-0.05, 0) is 36.5 Å². The molecule has 0 aliphatic rings. The van der Waals surface area contributed by atoms with Gasteiger partial charge in [-0.25, -0.2) is 0 Å². The van der Waals surface area contributed by atoms with Crippen molar-refractivity contribution < 1.29 is 22.3 Å². The Balaban J connectivity index is 0.00000400. The summed E-state index contributed by atoms with van der Waals surface area (Å²) in [5, 5.41) is 0. The first-order chi connectivity index (χ1) is 9.22. The van der Waals surface area contributed by atoms with E-state index in [0.717, 1.165) is 6.42 Å². The van der Waals surface area contributed by atoms with Crippen molar-refractivity contribution in [3.63, 3.8) is 0 Å². The van der Waals surface area contributed by atoms with Crippen LogP contribution in [0, 0.1) is 5.92 Å². The summed E-state index contributed by atoms with van der Waals surface area (Å²) < 4.78 is 53.8. The van der Waals surface area contributed by atoms with Crippen LogP contribution in [0.25, 0.3) is 0 Å². The molecular formula is C14H20ClF4NO. The van der Waals surface area contributed by atoms with Crippen molar-refractivity contribution >= 4 is 12.4 Å². The van der Waals surface area contributed by atoms with Gasteiger partial charge in [0.2, 0.25) is 0 Å². The second kappa shape index (κ2) is 8.44. The largest absolute Gasteiger partial charge is 0.461 e. The van der Waals surface area contributed by atoms with Gasteiger partial charge in [0.05, 0.1) is 0 Å². The van der Waals surface area contributed by atoms with Gasteiger partial charge in [-0.2, -0.15) is 17.6 Å². The molecule has 1 rings (SSSR count). The Kier molecular flexibility index (Phi) is 8.03. The summed E-state index contributed by atoms with van der Waals surface area (Å²) >= 11 is 0. The fourth-order valence-corrected chi connectivity index (χ4v) is 1.69. The molecule has 0 spiro atoms. The van der Waals surface area contributed by atoms with Crippen molar-refractivity contribution in [1.29, 1.82) is 0 Å². The minimum Gasteiger partial charge on any atom is -0.428 e. The number of nitrogens with two attached hydrogens (primary N) is 1. The van der Waals surface area contributed by atoms with E-state index in [1.807, 2.05) is 0 Å². The predicted molar refractivity (Wildman–Crippen MR) is 76.3 cm³/mol. The summed E-state index contributed by atoms with van der Waals surface area (Å²) in [6.45, 7) is 4.10. The van der Waals surface area contributed by atoms with Crippen molar-refractivity contribution in [2.75, 3.05) is 0 Å². The highest BCUT2D eigenvalue weighted by Crippen LogP contribution is 2.29. The van der Waals surface area contributed by atoms with E-state index in [2.05, 4.69) is 18.6 Å². The lowest BCUT2D eigenvalue weighted by Crippen LogP contribution is -2.33. The molecule has 1 atom stereocenters. The quantitative estimate of drug-likeness (QED) is 0.730. The molecule has 1 aromatic rings. The molecule has 0 saturated carbocycles. The lowest BCUT2D eigenvalue weighted by atomic mass is 9.98. The molecule has 0 bridgehead atoms. The first-order valence-electron chi connectivity index (χ1n) is 6.43. The number of hydrogen-bond donors (Lipinski definition) is 1. The maximum atomic E-state index is 12.8. The third kappa shape index (κ3) is 6.52. The summed E-state index contributed by atoms with van der Waals surface area (Å²) in [6.07, 6.45) is -6.80. The van der Waals surface area contributed by atoms with E-state index in [1.54, 1.807) is 6.07 Å². The maximum Gasteiger partial charge on any atom is 0.461 e. The van der Waals surface area contributed by atoms with Crippen molar-refractivity contribution in [3.8, 4) is 5.75 Å². The van der Waals surface area contributed by atoms with Crippen LogP contribution < -0.4 is 10.5 Å². The topological polar surface area (TPSA) is 35.2 Å². The summed E-state index contributed by atoms with van der Waals surface area (Å²) in [4.78, 5) is 0. The van der Waals surface area contributed by atoms with E-state index in [1.165, 1.54) is 18.2 Å². The second-order valence-electron chi connectivity index (χ2n) is 5.11. The Bertz CT molecular complexity index is 429. The highest BCUT2D eigenvalue weighted by molar-refractivity contribution is 5.85. The summed E-state index contributed by atoms with van der Waals surface area (Å²) in [6, 6.07) is 5.27. The minimum absolute atomic E-state index is 0. The van der Waals surface area contributed by atoms with Gasteiger partial charge in [0.1, 0.15) is 5.75 Å². The van der Waals surface area contributed by atoms with Crippen LogP contribution in [0.3, 0.4) is 0 Å². The molecule has 2 nitrogen and oxygen atoms in total. The van der Waals surface area contributed by atoms with E-state index >= 15 is 0 Å². The number of hydrogen-bond acceptors (Lipinski definition) is 2.